The van der Waals surface area contributed by atoms with E-state index in [4.69, 9.17) is 4.74 Å². The van der Waals surface area contributed by atoms with Crippen LogP contribution in [0.15, 0.2) is 47.4 Å². The van der Waals surface area contributed by atoms with E-state index in [0.717, 1.165) is 18.2 Å². The molecule has 9 heteroatoms. The minimum absolute atomic E-state index is 0.0713. The van der Waals surface area contributed by atoms with E-state index < -0.39 is 27.7 Å². The van der Waals surface area contributed by atoms with Crippen molar-refractivity contribution < 1.29 is 26.3 Å². The highest BCUT2D eigenvalue weighted by Crippen LogP contribution is 2.29. The molecule has 0 atom stereocenters. The summed E-state index contributed by atoms with van der Waals surface area (Å²) in [7, 11) is -2.83. The first-order chi connectivity index (χ1) is 10.2. The number of methoxy groups -OCH3 is 1. The van der Waals surface area contributed by atoms with E-state index in [9.17, 15) is 21.6 Å². The van der Waals surface area contributed by atoms with Crippen molar-refractivity contribution in [1.29, 1.82) is 0 Å². The minimum atomic E-state index is -4.66. The third kappa shape index (κ3) is 3.48. The lowest BCUT2D eigenvalue weighted by Crippen LogP contribution is -2.16. The largest absolute Gasteiger partial charge is 0.495 e. The Morgan fingerprint density at radius 3 is 2.41 bits per heavy atom. The molecule has 0 aliphatic heterocycles. The molecule has 1 heterocycles. The second-order valence-electron chi connectivity index (χ2n) is 4.16. The van der Waals surface area contributed by atoms with Crippen LogP contribution in [0.3, 0.4) is 0 Å². The SMILES string of the molecule is COc1ccccc1S(=O)(=O)Nc1cccc(C(F)(F)F)n1. The maximum absolute atomic E-state index is 12.6. The van der Waals surface area contributed by atoms with Crippen LogP contribution in [0.2, 0.25) is 0 Å². The van der Waals surface area contributed by atoms with Crippen LogP contribution in [0.25, 0.3) is 0 Å². The number of para-hydroxylation sites is 1. The molecule has 118 valence electrons. The Hall–Kier alpha value is -2.29. The van der Waals surface area contributed by atoms with Gasteiger partial charge in [0.15, 0.2) is 0 Å². The lowest BCUT2D eigenvalue weighted by Gasteiger charge is -2.12. The number of alkyl halides is 3. The number of aromatic nitrogens is 1. The van der Waals surface area contributed by atoms with E-state index in [2.05, 4.69) is 4.98 Å². The van der Waals surface area contributed by atoms with Gasteiger partial charge in [-0.25, -0.2) is 13.4 Å². The van der Waals surface area contributed by atoms with Gasteiger partial charge in [-0.05, 0) is 24.3 Å². The maximum Gasteiger partial charge on any atom is 0.433 e. The maximum atomic E-state index is 12.6. The molecule has 0 saturated carbocycles. The average Bonchev–Trinajstić information content (AvgIpc) is 2.46. The molecule has 1 aromatic carbocycles. The first kappa shape index (κ1) is 16.1. The standard InChI is InChI=1S/C13H11F3N2O3S/c1-21-9-5-2-3-6-10(9)22(19,20)18-12-8-4-7-11(17-12)13(14,15)16/h2-8H,1H3,(H,17,18). The van der Waals surface area contributed by atoms with Crippen molar-refractivity contribution in [2.75, 3.05) is 11.8 Å². The number of halogens is 3. The Kier molecular flexibility index (Phi) is 4.27. The number of rotatable bonds is 4. The van der Waals surface area contributed by atoms with Crippen LogP contribution < -0.4 is 9.46 Å². The van der Waals surface area contributed by atoms with Gasteiger partial charge in [-0.15, -0.1) is 0 Å². The molecule has 0 spiro atoms. The fourth-order valence-electron chi connectivity index (χ4n) is 1.68. The monoisotopic (exact) mass is 332 g/mol. The predicted molar refractivity (Wildman–Crippen MR) is 73.0 cm³/mol. The number of pyridine rings is 1. The molecule has 0 aliphatic carbocycles. The zero-order valence-electron chi connectivity index (χ0n) is 11.3. The van der Waals surface area contributed by atoms with E-state index in [1.54, 1.807) is 6.07 Å². The molecule has 0 saturated heterocycles. The molecule has 5 nitrogen and oxygen atoms in total. The van der Waals surface area contributed by atoms with Crippen molar-refractivity contribution in [1.82, 2.24) is 4.98 Å². The smallest absolute Gasteiger partial charge is 0.433 e. The second kappa shape index (κ2) is 5.84. The molecule has 1 N–H and O–H groups in total. The average molecular weight is 332 g/mol. The topological polar surface area (TPSA) is 68.3 Å². The predicted octanol–water partition coefficient (Wildman–Crippen LogP) is 2.91. The van der Waals surface area contributed by atoms with E-state index >= 15 is 0 Å². The fraction of sp³-hybridized carbons (Fsp3) is 0.154. The molecule has 0 radical (unpaired) electrons. The van der Waals surface area contributed by atoms with Gasteiger partial charge in [0.2, 0.25) is 0 Å². The second-order valence-corrected chi connectivity index (χ2v) is 5.81. The van der Waals surface area contributed by atoms with E-state index in [0.29, 0.717) is 0 Å². The Labute approximate surface area is 124 Å². The molecule has 0 fully saturated rings. The van der Waals surface area contributed by atoms with Gasteiger partial charge in [-0.3, -0.25) is 4.72 Å². The molecular weight excluding hydrogens is 321 g/mol. The van der Waals surface area contributed by atoms with Crippen molar-refractivity contribution in [2.45, 2.75) is 11.1 Å². The first-order valence-corrected chi connectivity index (χ1v) is 7.42. The molecule has 22 heavy (non-hydrogen) atoms. The van der Waals surface area contributed by atoms with Gasteiger partial charge in [0, 0.05) is 0 Å². The van der Waals surface area contributed by atoms with Crippen LogP contribution in [-0.2, 0) is 16.2 Å². The summed E-state index contributed by atoms with van der Waals surface area (Å²) in [6.07, 6.45) is -4.66. The van der Waals surface area contributed by atoms with Crippen LogP contribution >= 0.6 is 0 Å². The molecule has 0 amide bonds. The Bertz CT molecular complexity index is 776. The zero-order chi connectivity index (χ0) is 16.4. The summed E-state index contributed by atoms with van der Waals surface area (Å²) in [4.78, 5) is 3.06. The lowest BCUT2D eigenvalue weighted by molar-refractivity contribution is -0.141. The van der Waals surface area contributed by atoms with Crippen LogP contribution in [-0.4, -0.2) is 20.5 Å². The minimum Gasteiger partial charge on any atom is -0.495 e. The summed E-state index contributed by atoms with van der Waals surface area (Å²) in [5.41, 5.74) is -1.19. The Balaban J connectivity index is 2.37. The highest BCUT2D eigenvalue weighted by atomic mass is 32.2. The zero-order valence-corrected chi connectivity index (χ0v) is 12.1. The van der Waals surface area contributed by atoms with Crippen molar-refractivity contribution in [3.05, 3.63) is 48.2 Å². The van der Waals surface area contributed by atoms with Gasteiger partial charge in [-0.1, -0.05) is 18.2 Å². The summed E-state index contributed by atoms with van der Waals surface area (Å²) in [6, 6.07) is 8.68. The molecule has 0 aliphatic rings. The summed E-state index contributed by atoms with van der Waals surface area (Å²) >= 11 is 0. The highest BCUT2D eigenvalue weighted by Gasteiger charge is 2.32. The number of anilines is 1. The molecule has 2 aromatic rings. The first-order valence-electron chi connectivity index (χ1n) is 5.94. The van der Waals surface area contributed by atoms with Gasteiger partial charge < -0.3 is 4.74 Å². The molecule has 2 rings (SSSR count). The summed E-state index contributed by atoms with van der Waals surface area (Å²) in [6.45, 7) is 0. The third-order valence-electron chi connectivity index (χ3n) is 2.64. The van der Waals surface area contributed by atoms with Crippen molar-refractivity contribution in [2.24, 2.45) is 0 Å². The van der Waals surface area contributed by atoms with Crippen LogP contribution in [0, 0.1) is 0 Å². The number of nitrogens with zero attached hydrogens (tertiary/aromatic N) is 1. The number of sulfonamides is 1. The lowest BCUT2D eigenvalue weighted by atomic mass is 10.3. The number of ether oxygens (including phenoxy) is 1. The van der Waals surface area contributed by atoms with Gasteiger partial charge in [0.05, 0.1) is 7.11 Å². The highest BCUT2D eigenvalue weighted by molar-refractivity contribution is 7.92. The molecular formula is C13H11F3N2O3S. The summed E-state index contributed by atoms with van der Waals surface area (Å²) in [5, 5.41) is 0. The van der Waals surface area contributed by atoms with E-state index in [1.807, 2.05) is 4.72 Å². The number of hydrogen-bond acceptors (Lipinski definition) is 4. The number of benzene rings is 1. The summed E-state index contributed by atoms with van der Waals surface area (Å²) < 4.78 is 69.1. The van der Waals surface area contributed by atoms with Gasteiger partial charge in [0.25, 0.3) is 10.0 Å². The number of nitrogens with one attached hydrogen (secondary N) is 1. The van der Waals surface area contributed by atoms with Crippen molar-refractivity contribution >= 4 is 15.8 Å². The normalized spacial score (nSPS) is 12.0. The van der Waals surface area contributed by atoms with Gasteiger partial charge >= 0.3 is 6.18 Å². The fourth-order valence-corrected chi connectivity index (χ4v) is 2.86. The van der Waals surface area contributed by atoms with E-state index in [1.165, 1.54) is 25.3 Å². The Morgan fingerprint density at radius 2 is 1.77 bits per heavy atom. The molecule has 0 bridgehead atoms. The van der Waals surface area contributed by atoms with Crippen molar-refractivity contribution in [3.63, 3.8) is 0 Å². The Morgan fingerprint density at radius 1 is 1.09 bits per heavy atom. The third-order valence-corrected chi connectivity index (χ3v) is 4.03. The van der Waals surface area contributed by atoms with Crippen LogP contribution in [0.5, 0.6) is 5.75 Å². The summed E-state index contributed by atoms with van der Waals surface area (Å²) in [5.74, 6) is -0.359. The molecule has 0 unspecified atom stereocenters. The van der Waals surface area contributed by atoms with Crippen molar-refractivity contribution in [3.8, 4) is 5.75 Å². The van der Waals surface area contributed by atoms with E-state index in [-0.39, 0.29) is 10.6 Å². The van der Waals surface area contributed by atoms with Crippen LogP contribution in [0.4, 0.5) is 19.0 Å². The van der Waals surface area contributed by atoms with Gasteiger partial charge in [0.1, 0.15) is 22.2 Å². The van der Waals surface area contributed by atoms with Crippen LogP contribution in [0.1, 0.15) is 5.69 Å². The number of hydrogen-bond donors (Lipinski definition) is 1. The molecule has 1 aromatic heterocycles. The quantitative estimate of drug-likeness (QED) is 0.935. The van der Waals surface area contributed by atoms with Gasteiger partial charge in [-0.2, -0.15) is 13.2 Å².